The molecule has 21 heavy (non-hydrogen) atoms. The van der Waals surface area contributed by atoms with E-state index < -0.39 is 11.9 Å². The maximum absolute atomic E-state index is 12.0. The molecule has 2 atom stereocenters. The fourth-order valence-electron chi connectivity index (χ4n) is 2.74. The molecule has 2 unspecified atom stereocenters. The van der Waals surface area contributed by atoms with Gasteiger partial charge in [0.05, 0.1) is 5.92 Å². The lowest BCUT2D eigenvalue weighted by molar-refractivity contribution is -0.142. The molecule has 0 saturated carbocycles. The van der Waals surface area contributed by atoms with Gasteiger partial charge >= 0.3 is 12.0 Å². The van der Waals surface area contributed by atoms with Crippen LogP contribution in [0.3, 0.4) is 0 Å². The van der Waals surface area contributed by atoms with Crippen LogP contribution in [0.25, 0.3) is 0 Å². The Morgan fingerprint density at radius 1 is 1.38 bits per heavy atom. The van der Waals surface area contributed by atoms with Gasteiger partial charge in [0, 0.05) is 26.2 Å². The van der Waals surface area contributed by atoms with Crippen LogP contribution in [0.15, 0.2) is 0 Å². The minimum absolute atomic E-state index is 0.0896. The van der Waals surface area contributed by atoms with Gasteiger partial charge in [0.15, 0.2) is 0 Å². The summed E-state index contributed by atoms with van der Waals surface area (Å²) in [5.41, 5.74) is -0.0896. The lowest BCUT2D eigenvalue weighted by Crippen LogP contribution is -2.42. The molecular formula is C15H28N2O4. The summed E-state index contributed by atoms with van der Waals surface area (Å²) in [5, 5.41) is 20.9. The second-order valence-corrected chi connectivity index (χ2v) is 7.10. The van der Waals surface area contributed by atoms with E-state index in [9.17, 15) is 14.7 Å². The number of carbonyl (C=O) groups excluding carboxylic acids is 1. The molecule has 0 aromatic rings. The lowest BCUT2D eigenvalue weighted by Gasteiger charge is -2.24. The Bertz CT molecular complexity index is 365. The molecule has 1 saturated heterocycles. The molecule has 122 valence electrons. The van der Waals surface area contributed by atoms with Crippen molar-refractivity contribution >= 4 is 12.0 Å². The normalized spacial score (nSPS) is 20.4. The third-order valence-electron chi connectivity index (χ3n) is 3.82. The van der Waals surface area contributed by atoms with Crippen molar-refractivity contribution in [3.63, 3.8) is 0 Å². The summed E-state index contributed by atoms with van der Waals surface area (Å²) in [4.78, 5) is 25.0. The fraction of sp³-hybridized carbons (Fsp3) is 0.867. The smallest absolute Gasteiger partial charge is 0.317 e. The molecule has 0 spiro atoms. The van der Waals surface area contributed by atoms with Crippen LogP contribution >= 0.6 is 0 Å². The van der Waals surface area contributed by atoms with E-state index in [2.05, 4.69) is 5.32 Å². The Labute approximate surface area is 126 Å². The van der Waals surface area contributed by atoms with Crippen LogP contribution in [-0.2, 0) is 4.79 Å². The number of nitrogens with zero attached hydrogens (tertiary/aromatic N) is 1. The van der Waals surface area contributed by atoms with E-state index in [1.807, 2.05) is 20.8 Å². The number of carbonyl (C=O) groups is 2. The minimum Gasteiger partial charge on any atom is -0.481 e. The maximum atomic E-state index is 12.0. The Morgan fingerprint density at radius 2 is 2.05 bits per heavy atom. The van der Waals surface area contributed by atoms with Gasteiger partial charge in [0.25, 0.3) is 0 Å². The van der Waals surface area contributed by atoms with Gasteiger partial charge in [-0.3, -0.25) is 4.79 Å². The summed E-state index contributed by atoms with van der Waals surface area (Å²) in [7, 11) is 0. The Balaban J connectivity index is 2.42. The monoisotopic (exact) mass is 300 g/mol. The van der Waals surface area contributed by atoms with Crippen molar-refractivity contribution in [2.75, 3.05) is 26.2 Å². The van der Waals surface area contributed by atoms with Gasteiger partial charge < -0.3 is 20.4 Å². The van der Waals surface area contributed by atoms with Crippen LogP contribution in [0, 0.1) is 17.3 Å². The zero-order chi connectivity index (χ0) is 16.0. The molecule has 2 amide bonds. The topological polar surface area (TPSA) is 89.9 Å². The van der Waals surface area contributed by atoms with Crippen molar-refractivity contribution in [2.45, 2.75) is 40.0 Å². The van der Waals surface area contributed by atoms with Crippen molar-refractivity contribution < 1.29 is 19.8 Å². The number of carboxylic acid groups (broad SMARTS) is 1. The van der Waals surface area contributed by atoms with Crippen LogP contribution in [0.2, 0.25) is 0 Å². The number of urea groups is 1. The molecule has 3 N–H and O–H groups in total. The van der Waals surface area contributed by atoms with Crippen molar-refractivity contribution in [1.82, 2.24) is 10.2 Å². The molecule has 0 bridgehead atoms. The van der Waals surface area contributed by atoms with Crippen molar-refractivity contribution in [1.29, 1.82) is 0 Å². The molecule has 0 aromatic carbocycles. The van der Waals surface area contributed by atoms with Gasteiger partial charge in [-0.1, -0.05) is 20.8 Å². The second kappa shape index (κ2) is 7.64. The van der Waals surface area contributed by atoms with Gasteiger partial charge in [-0.05, 0) is 30.6 Å². The van der Waals surface area contributed by atoms with Crippen LogP contribution in [0.4, 0.5) is 4.79 Å². The molecule has 0 radical (unpaired) electrons. The Kier molecular flexibility index (Phi) is 6.45. The first-order valence-corrected chi connectivity index (χ1v) is 7.59. The van der Waals surface area contributed by atoms with Crippen LogP contribution in [-0.4, -0.2) is 53.4 Å². The van der Waals surface area contributed by atoms with Crippen molar-refractivity contribution in [3.05, 3.63) is 0 Å². The molecule has 1 heterocycles. The number of aliphatic hydroxyl groups is 1. The number of aliphatic hydroxyl groups excluding tert-OH is 1. The Hall–Kier alpha value is -1.30. The number of hydrogen-bond donors (Lipinski definition) is 3. The van der Waals surface area contributed by atoms with E-state index in [0.29, 0.717) is 31.8 Å². The lowest BCUT2D eigenvalue weighted by atomic mass is 9.84. The Morgan fingerprint density at radius 3 is 2.57 bits per heavy atom. The molecule has 6 nitrogen and oxygen atoms in total. The average molecular weight is 300 g/mol. The third-order valence-corrected chi connectivity index (χ3v) is 3.82. The summed E-state index contributed by atoms with van der Waals surface area (Å²) in [6, 6.07) is -0.199. The molecule has 1 aliphatic heterocycles. The van der Waals surface area contributed by atoms with Crippen LogP contribution in [0.5, 0.6) is 0 Å². The van der Waals surface area contributed by atoms with E-state index in [0.717, 1.165) is 6.42 Å². The minimum atomic E-state index is -0.871. The molecule has 6 heteroatoms. The van der Waals surface area contributed by atoms with E-state index in [1.54, 1.807) is 4.90 Å². The molecule has 1 fully saturated rings. The highest BCUT2D eigenvalue weighted by atomic mass is 16.4. The summed E-state index contributed by atoms with van der Waals surface area (Å²) in [6.45, 7) is 7.59. The highest BCUT2D eigenvalue weighted by molar-refractivity contribution is 5.76. The second-order valence-electron chi connectivity index (χ2n) is 7.10. The predicted octanol–water partition coefficient (Wildman–Crippen LogP) is 1.54. The molecule has 1 aliphatic rings. The summed E-state index contributed by atoms with van der Waals surface area (Å²) in [5.74, 6) is -1.08. The number of likely N-dealkylation sites (tertiary alicyclic amines) is 1. The third kappa shape index (κ3) is 6.33. The van der Waals surface area contributed by atoms with Gasteiger partial charge in [0.1, 0.15) is 0 Å². The van der Waals surface area contributed by atoms with E-state index in [-0.39, 0.29) is 24.6 Å². The predicted molar refractivity (Wildman–Crippen MR) is 80.0 cm³/mol. The van der Waals surface area contributed by atoms with Gasteiger partial charge in [-0.2, -0.15) is 0 Å². The standard InChI is InChI=1S/C15H28N2O4/c1-15(2,3)8-12(13(19)20)9-16-14(21)17-6-4-11(10-17)5-7-18/h11-12,18H,4-10H2,1-3H3,(H,16,21)(H,19,20). The van der Waals surface area contributed by atoms with Crippen LogP contribution in [0.1, 0.15) is 40.0 Å². The number of aliphatic carboxylic acids is 1. The number of hydrogen-bond acceptors (Lipinski definition) is 3. The highest BCUT2D eigenvalue weighted by Crippen LogP contribution is 2.24. The fourth-order valence-corrected chi connectivity index (χ4v) is 2.74. The van der Waals surface area contributed by atoms with Crippen molar-refractivity contribution in [2.24, 2.45) is 17.3 Å². The zero-order valence-corrected chi connectivity index (χ0v) is 13.3. The van der Waals surface area contributed by atoms with E-state index in [1.165, 1.54) is 0 Å². The molecule has 0 aliphatic carbocycles. The van der Waals surface area contributed by atoms with Gasteiger partial charge in [0.2, 0.25) is 0 Å². The first kappa shape index (κ1) is 17.8. The SMILES string of the molecule is CC(C)(C)CC(CNC(=O)N1CCC(CCO)C1)C(=O)O. The molecule has 1 rings (SSSR count). The highest BCUT2D eigenvalue weighted by Gasteiger charge is 2.28. The molecular weight excluding hydrogens is 272 g/mol. The number of nitrogens with one attached hydrogen (secondary N) is 1. The maximum Gasteiger partial charge on any atom is 0.317 e. The number of amides is 2. The van der Waals surface area contributed by atoms with E-state index in [4.69, 9.17) is 5.11 Å². The summed E-state index contributed by atoms with van der Waals surface area (Å²) in [6.07, 6.45) is 2.14. The summed E-state index contributed by atoms with van der Waals surface area (Å²) >= 11 is 0. The van der Waals surface area contributed by atoms with E-state index >= 15 is 0 Å². The number of carboxylic acids is 1. The first-order valence-electron chi connectivity index (χ1n) is 7.59. The average Bonchev–Trinajstić information content (AvgIpc) is 2.81. The summed E-state index contributed by atoms with van der Waals surface area (Å²) < 4.78 is 0. The van der Waals surface area contributed by atoms with Crippen molar-refractivity contribution in [3.8, 4) is 0 Å². The quantitative estimate of drug-likeness (QED) is 0.694. The molecule has 0 aromatic heterocycles. The van der Waals surface area contributed by atoms with Crippen LogP contribution < -0.4 is 5.32 Å². The largest absolute Gasteiger partial charge is 0.481 e. The van der Waals surface area contributed by atoms with Gasteiger partial charge in [-0.15, -0.1) is 0 Å². The van der Waals surface area contributed by atoms with Gasteiger partial charge in [-0.25, -0.2) is 4.79 Å². The first-order chi connectivity index (χ1) is 9.73. The zero-order valence-electron chi connectivity index (χ0n) is 13.3. The number of rotatable bonds is 6.